The van der Waals surface area contributed by atoms with Crippen LogP contribution in [-0.4, -0.2) is 42.9 Å². The van der Waals surface area contributed by atoms with Crippen LogP contribution in [0.4, 0.5) is 0 Å². The molecule has 1 fully saturated rings. The first-order chi connectivity index (χ1) is 7.78. The Labute approximate surface area is 96.6 Å². The molecule has 0 radical (unpaired) electrons. The highest BCUT2D eigenvalue weighted by Gasteiger charge is 2.24. The molecule has 1 saturated heterocycles. The Kier molecular flexibility index (Phi) is 3.80. The van der Waals surface area contributed by atoms with Crippen LogP contribution in [0.15, 0.2) is 24.3 Å². The summed E-state index contributed by atoms with van der Waals surface area (Å²) in [5.41, 5.74) is 1.25. The molecule has 0 bridgehead atoms. The molecule has 1 heterocycles. The van der Waals surface area contributed by atoms with E-state index in [9.17, 15) is 0 Å². The van der Waals surface area contributed by atoms with E-state index < -0.39 is 0 Å². The van der Waals surface area contributed by atoms with Crippen LogP contribution in [0.3, 0.4) is 0 Å². The Morgan fingerprint density at radius 1 is 1.31 bits per heavy atom. The van der Waals surface area contributed by atoms with Crippen molar-refractivity contribution in [2.24, 2.45) is 5.92 Å². The molecule has 1 aromatic rings. The van der Waals surface area contributed by atoms with Crippen LogP contribution >= 0.6 is 0 Å². The Bertz CT molecular complexity index is 317. The van der Waals surface area contributed by atoms with Crippen molar-refractivity contribution < 1.29 is 9.84 Å². The normalized spacial score (nSPS) is 17.1. The zero-order valence-corrected chi connectivity index (χ0v) is 9.72. The minimum absolute atomic E-state index is 0.315. The van der Waals surface area contributed by atoms with E-state index in [1.54, 1.807) is 0 Å². The van der Waals surface area contributed by atoms with Gasteiger partial charge in [-0.2, -0.15) is 0 Å². The molecule has 1 aliphatic heterocycles. The molecule has 3 nitrogen and oxygen atoms in total. The van der Waals surface area contributed by atoms with Crippen LogP contribution in [0.2, 0.25) is 0 Å². The number of benzene rings is 1. The van der Waals surface area contributed by atoms with E-state index >= 15 is 0 Å². The average Bonchev–Trinajstić information content (AvgIpc) is 2.24. The maximum Gasteiger partial charge on any atom is 0.119 e. The molecule has 0 unspecified atom stereocenters. The van der Waals surface area contributed by atoms with Crippen molar-refractivity contribution in [1.29, 1.82) is 0 Å². The molecule has 0 aromatic heterocycles. The molecule has 16 heavy (non-hydrogen) atoms. The molecular weight excluding hydrogens is 202 g/mol. The number of hydrogen-bond donors (Lipinski definition) is 1. The van der Waals surface area contributed by atoms with E-state index in [1.807, 2.05) is 12.1 Å². The Hall–Kier alpha value is -1.06. The van der Waals surface area contributed by atoms with Gasteiger partial charge in [0.15, 0.2) is 0 Å². The van der Waals surface area contributed by atoms with Crippen molar-refractivity contribution in [3.63, 3.8) is 0 Å². The third-order valence-corrected chi connectivity index (χ3v) is 2.99. The number of rotatable bonds is 5. The summed E-state index contributed by atoms with van der Waals surface area (Å²) >= 11 is 0. The number of hydrogen-bond acceptors (Lipinski definition) is 3. The van der Waals surface area contributed by atoms with Crippen LogP contribution in [0, 0.1) is 12.8 Å². The first kappa shape index (κ1) is 11.4. The second-order valence-electron chi connectivity index (χ2n) is 4.47. The van der Waals surface area contributed by atoms with E-state index in [0.717, 1.165) is 32.0 Å². The summed E-state index contributed by atoms with van der Waals surface area (Å²) < 4.78 is 5.63. The third kappa shape index (κ3) is 2.97. The average molecular weight is 221 g/mol. The molecule has 1 N–H and O–H groups in total. The fourth-order valence-electron chi connectivity index (χ4n) is 1.90. The van der Waals surface area contributed by atoms with Crippen molar-refractivity contribution in [1.82, 2.24) is 4.90 Å². The number of nitrogens with zero attached hydrogens (tertiary/aromatic N) is 1. The standard InChI is InChI=1S/C13H19NO2/c1-11-2-4-13(5-3-11)16-7-6-14-8-12(9-14)10-15/h2-5,12,15H,6-10H2,1H3. The summed E-state index contributed by atoms with van der Waals surface area (Å²) in [5, 5.41) is 8.88. The van der Waals surface area contributed by atoms with Crippen LogP contribution in [0.25, 0.3) is 0 Å². The molecule has 88 valence electrons. The molecule has 0 aliphatic carbocycles. The lowest BCUT2D eigenvalue weighted by Crippen LogP contribution is -2.49. The van der Waals surface area contributed by atoms with Crippen LogP contribution in [0.1, 0.15) is 5.56 Å². The predicted octanol–water partition coefficient (Wildman–Crippen LogP) is 1.30. The molecule has 3 heteroatoms. The maximum atomic E-state index is 8.88. The number of aliphatic hydroxyl groups excluding tert-OH is 1. The van der Waals surface area contributed by atoms with Gasteiger partial charge >= 0.3 is 0 Å². The number of aryl methyl sites for hydroxylation is 1. The van der Waals surface area contributed by atoms with Gasteiger partial charge in [-0.05, 0) is 19.1 Å². The van der Waals surface area contributed by atoms with Gasteiger partial charge in [-0.15, -0.1) is 0 Å². The van der Waals surface area contributed by atoms with E-state index in [2.05, 4.69) is 24.0 Å². The zero-order chi connectivity index (χ0) is 11.4. The summed E-state index contributed by atoms with van der Waals surface area (Å²) in [6.45, 7) is 6.07. The quantitative estimate of drug-likeness (QED) is 0.813. The molecule has 1 aromatic carbocycles. The second kappa shape index (κ2) is 5.32. The predicted molar refractivity (Wildman–Crippen MR) is 63.7 cm³/mol. The molecule has 0 saturated carbocycles. The highest BCUT2D eigenvalue weighted by molar-refractivity contribution is 5.26. The summed E-state index contributed by atoms with van der Waals surface area (Å²) in [4.78, 5) is 2.30. The Balaban J connectivity index is 1.63. The summed E-state index contributed by atoms with van der Waals surface area (Å²) in [7, 11) is 0. The van der Waals surface area contributed by atoms with Crippen LogP contribution < -0.4 is 4.74 Å². The maximum absolute atomic E-state index is 8.88. The van der Waals surface area contributed by atoms with Gasteiger partial charge < -0.3 is 9.84 Å². The van der Waals surface area contributed by atoms with Crippen molar-refractivity contribution in [2.75, 3.05) is 32.8 Å². The van der Waals surface area contributed by atoms with Crippen LogP contribution in [-0.2, 0) is 0 Å². The molecule has 2 rings (SSSR count). The van der Waals surface area contributed by atoms with Gasteiger partial charge in [0.25, 0.3) is 0 Å². The fourth-order valence-corrected chi connectivity index (χ4v) is 1.90. The minimum Gasteiger partial charge on any atom is -0.492 e. The topological polar surface area (TPSA) is 32.7 Å². The second-order valence-corrected chi connectivity index (χ2v) is 4.47. The lowest BCUT2D eigenvalue weighted by Gasteiger charge is -2.37. The fraction of sp³-hybridized carbons (Fsp3) is 0.538. The van der Waals surface area contributed by atoms with Gasteiger partial charge in [0, 0.05) is 32.2 Å². The Morgan fingerprint density at radius 2 is 2.00 bits per heavy atom. The lowest BCUT2D eigenvalue weighted by molar-refractivity contribution is 0.0439. The number of aliphatic hydroxyl groups is 1. The van der Waals surface area contributed by atoms with Gasteiger partial charge in [0.1, 0.15) is 12.4 Å². The van der Waals surface area contributed by atoms with Crippen molar-refractivity contribution >= 4 is 0 Å². The molecule has 0 spiro atoms. The first-order valence-corrected chi connectivity index (χ1v) is 5.80. The summed E-state index contributed by atoms with van der Waals surface area (Å²) in [6, 6.07) is 8.12. The molecule has 1 aliphatic rings. The molecule has 0 amide bonds. The largest absolute Gasteiger partial charge is 0.492 e. The van der Waals surface area contributed by atoms with Gasteiger partial charge in [0.2, 0.25) is 0 Å². The number of ether oxygens (including phenoxy) is 1. The monoisotopic (exact) mass is 221 g/mol. The smallest absolute Gasteiger partial charge is 0.119 e. The van der Waals surface area contributed by atoms with E-state index in [-0.39, 0.29) is 0 Å². The SMILES string of the molecule is Cc1ccc(OCCN2CC(CO)C2)cc1. The summed E-state index contributed by atoms with van der Waals surface area (Å²) in [6.07, 6.45) is 0. The lowest BCUT2D eigenvalue weighted by atomic mass is 10.0. The summed E-state index contributed by atoms with van der Waals surface area (Å²) in [5.74, 6) is 1.42. The highest BCUT2D eigenvalue weighted by Crippen LogP contribution is 2.15. The van der Waals surface area contributed by atoms with E-state index in [4.69, 9.17) is 9.84 Å². The highest BCUT2D eigenvalue weighted by atomic mass is 16.5. The third-order valence-electron chi connectivity index (χ3n) is 2.99. The van der Waals surface area contributed by atoms with E-state index in [0.29, 0.717) is 12.5 Å². The van der Waals surface area contributed by atoms with Crippen molar-refractivity contribution in [3.05, 3.63) is 29.8 Å². The van der Waals surface area contributed by atoms with Gasteiger partial charge in [-0.3, -0.25) is 4.90 Å². The van der Waals surface area contributed by atoms with Gasteiger partial charge in [-0.25, -0.2) is 0 Å². The van der Waals surface area contributed by atoms with Crippen molar-refractivity contribution in [3.8, 4) is 5.75 Å². The first-order valence-electron chi connectivity index (χ1n) is 5.80. The Morgan fingerprint density at radius 3 is 2.62 bits per heavy atom. The van der Waals surface area contributed by atoms with Gasteiger partial charge in [0.05, 0.1) is 0 Å². The minimum atomic E-state index is 0.315. The van der Waals surface area contributed by atoms with Crippen molar-refractivity contribution in [2.45, 2.75) is 6.92 Å². The molecular formula is C13H19NO2. The van der Waals surface area contributed by atoms with Crippen LogP contribution in [0.5, 0.6) is 5.75 Å². The number of likely N-dealkylation sites (tertiary alicyclic amines) is 1. The van der Waals surface area contributed by atoms with E-state index in [1.165, 1.54) is 5.56 Å². The zero-order valence-electron chi connectivity index (χ0n) is 9.72. The van der Waals surface area contributed by atoms with Gasteiger partial charge in [-0.1, -0.05) is 17.7 Å². The molecule has 0 atom stereocenters.